The van der Waals surface area contributed by atoms with E-state index in [1.807, 2.05) is 25.1 Å². The Bertz CT molecular complexity index is 943. The standard InChI is InChI=1S/C14H11FN2S.C6H15N3O/c1-8-6-9(2-4-11(8)16)14-17-12-7-10(15)3-5-13(12)18-14;7-4-2-1-3-5(8)6(9)10/h2-7H,16H2,1H3;5H,1-4,7-8H2,(H2,9,10)/t;5-/m.0/s1/i15-1;. The van der Waals surface area contributed by atoms with Crippen molar-refractivity contribution in [3.05, 3.63) is 47.8 Å². The number of fused-ring (bicyclic) bond motifs is 1. The number of hydrogen-bond donors (Lipinski definition) is 4. The Labute approximate surface area is 167 Å². The average molecular weight is 403 g/mol. The highest BCUT2D eigenvalue weighted by Gasteiger charge is 2.08. The summed E-state index contributed by atoms with van der Waals surface area (Å²) in [6.07, 6.45) is 2.42. The van der Waals surface area contributed by atoms with Crippen molar-refractivity contribution in [1.29, 1.82) is 0 Å². The van der Waals surface area contributed by atoms with Crippen molar-refractivity contribution in [2.24, 2.45) is 17.2 Å². The summed E-state index contributed by atoms with van der Waals surface area (Å²) in [6.45, 7) is 2.61. The van der Waals surface area contributed by atoms with E-state index in [0.717, 1.165) is 39.4 Å². The van der Waals surface area contributed by atoms with Gasteiger partial charge in [-0.25, -0.2) is 9.37 Å². The molecule has 6 nitrogen and oxygen atoms in total. The number of benzene rings is 2. The fourth-order valence-corrected chi connectivity index (χ4v) is 3.43. The number of rotatable bonds is 6. The van der Waals surface area contributed by atoms with Crippen molar-refractivity contribution in [3.63, 3.8) is 0 Å². The van der Waals surface area contributed by atoms with Crippen molar-refractivity contribution >= 4 is 33.1 Å². The molecule has 8 heteroatoms. The van der Waals surface area contributed by atoms with Crippen LogP contribution in [0.2, 0.25) is 0 Å². The zero-order valence-electron chi connectivity index (χ0n) is 15.8. The number of hydrogen-bond acceptors (Lipinski definition) is 6. The molecule has 28 heavy (non-hydrogen) atoms. The molecule has 3 aromatic rings. The molecule has 0 unspecified atom stereocenters. The maximum absolute atomic E-state index is 13.1. The lowest BCUT2D eigenvalue weighted by atomic mass is 10.1. The van der Waals surface area contributed by atoms with Gasteiger partial charge in [0.15, 0.2) is 0 Å². The maximum atomic E-state index is 13.1. The van der Waals surface area contributed by atoms with E-state index in [1.165, 1.54) is 12.1 Å². The molecule has 0 spiro atoms. The van der Waals surface area contributed by atoms with Gasteiger partial charge in [-0.15, -0.1) is 11.3 Å². The monoisotopic (exact) mass is 402 g/mol. The zero-order valence-corrected chi connectivity index (χ0v) is 16.6. The number of halogens is 1. The topological polar surface area (TPSA) is 134 Å². The van der Waals surface area contributed by atoms with Gasteiger partial charge in [0.2, 0.25) is 5.91 Å². The molecule has 8 N–H and O–H groups in total. The molecule has 0 bridgehead atoms. The van der Waals surface area contributed by atoms with Gasteiger partial charge in [0.05, 0.1) is 16.3 Å². The van der Waals surface area contributed by atoms with Crippen molar-refractivity contribution in [3.8, 4) is 10.6 Å². The third-order valence-corrected chi connectivity index (χ3v) is 5.29. The molecule has 1 amide bonds. The van der Waals surface area contributed by atoms with Gasteiger partial charge in [0.1, 0.15) is 10.8 Å². The predicted molar refractivity (Wildman–Crippen MR) is 114 cm³/mol. The van der Waals surface area contributed by atoms with Crippen LogP contribution in [0.1, 0.15) is 24.8 Å². The Kier molecular flexibility index (Phi) is 7.86. The quantitative estimate of drug-likeness (QED) is 0.371. The van der Waals surface area contributed by atoms with Crippen molar-refractivity contribution in [2.75, 3.05) is 12.3 Å². The van der Waals surface area contributed by atoms with Gasteiger partial charge in [0.25, 0.3) is 0 Å². The molecule has 0 fully saturated rings. The molecule has 0 radical (unpaired) electrons. The number of nitrogens with zero attached hydrogens (tertiary/aromatic N) is 1. The lowest BCUT2D eigenvalue weighted by Crippen LogP contribution is -2.36. The van der Waals surface area contributed by atoms with E-state index in [-0.39, 0.29) is 5.82 Å². The summed E-state index contributed by atoms with van der Waals surface area (Å²) in [5.41, 5.74) is 24.8. The summed E-state index contributed by atoms with van der Waals surface area (Å²) < 4.78 is 14.1. The second-order valence-electron chi connectivity index (χ2n) is 6.50. The molecule has 0 saturated carbocycles. The highest BCUT2D eigenvalue weighted by Crippen LogP contribution is 2.31. The Morgan fingerprint density at radius 1 is 1.21 bits per heavy atom. The Hall–Kier alpha value is -2.55. The number of primary amides is 1. The number of aryl methyl sites for hydroxylation is 1. The summed E-state index contributed by atoms with van der Waals surface area (Å²) in [5.74, 6) is -0.690. The predicted octanol–water partition coefficient (Wildman–Crippen LogP) is 2.92. The second kappa shape index (κ2) is 10.1. The van der Waals surface area contributed by atoms with Gasteiger partial charge >= 0.3 is 0 Å². The maximum Gasteiger partial charge on any atom is 0.234 e. The normalized spacial score (nSPS) is 11.7. The van der Waals surface area contributed by atoms with Gasteiger partial charge in [-0.3, -0.25) is 4.79 Å². The smallest absolute Gasteiger partial charge is 0.234 e. The number of nitrogen functional groups attached to an aromatic ring is 1. The van der Waals surface area contributed by atoms with Crippen LogP contribution < -0.4 is 22.9 Å². The number of aromatic nitrogens is 1. The molecule has 3 rings (SSSR count). The SMILES string of the molecule is Cc1cc(-c2nc3cc([18F])ccc3s2)ccc1N.NCCCC[C@H](N)C(N)=O. The van der Waals surface area contributed by atoms with Crippen LogP contribution in [-0.4, -0.2) is 23.5 Å². The van der Waals surface area contributed by atoms with Crippen LogP contribution in [0.25, 0.3) is 20.8 Å². The number of carbonyl (C=O) groups excluding carboxylic acids is 1. The van der Waals surface area contributed by atoms with E-state index in [1.54, 1.807) is 17.4 Å². The molecule has 150 valence electrons. The third kappa shape index (κ3) is 5.98. The molecule has 0 aliphatic rings. The molecule has 1 aromatic heterocycles. The minimum absolute atomic E-state index is 0.257. The first-order valence-electron chi connectivity index (χ1n) is 8.99. The summed E-state index contributed by atoms with van der Waals surface area (Å²) >= 11 is 1.56. The summed E-state index contributed by atoms with van der Waals surface area (Å²) in [7, 11) is 0. The molecular weight excluding hydrogens is 376 g/mol. The van der Waals surface area contributed by atoms with E-state index in [2.05, 4.69) is 4.98 Å². The van der Waals surface area contributed by atoms with Crippen molar-refractivity contribution in [2.45, 2.75) is 32.2 Å². The number of unbranched alkanes of at least 4 members (excludes halogenated alkanes) is 1. The second-order valence-corrected chi connectivity index (χ2v) is 7.53. The van der Waals surface area contributed by atoms with Gasteiger partial charge in [-0.2, -0.15) is 0 Å². The fourth-order valence-electron chi connectivity index (χ4n) is 2.48. The Balaban J connectivity index is 0.000000242. The summed E-state index contributed by atoms with van der Waals surface area (Å²) in [5, 5.41) is 0.888. The molecule has 0 aliphatic heterocycles. The first-order chi connectivity index (χ1) is 13.3. The fraction of sp³-hybridized carbons (Fsp3) is 0.300. The lowest BCUT2D eigenvalue weighted by Gasteiger charge is -2.04. The molecule has 0 saturated heterocycles. The molecule has 0 aliphatic carbocycles. The van der Waals surface area contributed by atoms with Gasteiger partial charge < -0.3 is 22.9 Å². The highest BCUT2D eigenvalue weighted by atomic mass is 32.1. The lowest BCUT2D eigenvalue weighted by molar-refractivity contribution is -0.119. The van der Waals surface area contributed by atoms with E-state index in [4.69, 9.17) is 22.9 Å². The molecular formula is C20H26FN5OS. The first-order valence-corrected chi connectivity index (χ1v) is 9.81. The zero-order chi connectivity index (χ0) is 20.7. The number of anilines is 1. The van der Waals surface area contributed by atoms with Crippen molar-refractivity contribution < 1.29 is 9.18 Å². The number of amides is 1. The van der Waals surface area contributed by atoms with Gasteiger partial charge in [-0.1, -0.05) is 6.42 Å². The average Bonchev–Trinajstić information content (AvgIpc) is 3.07. The van der Waals surface area contributed by atoms with Crippen LogP contribution in [0.15, 0.2) is 36.4 Å². The van der Waals surface area contributed by atoms with Crippen molar-refractivity contribution in [1.82, 2.24) is 4.98 Å². The number of thiazole rings is 1. The minimum atomic E-state index is -0.494. The van der Waals surface area contributed by atoms with E-state index in [0.29, 0.717) is 18.5 Å². The number of nitrogens with two attached hydrogens (primary N) is 4. The first kappa shape index (κ1) is 21.7. The molecule has 1 atom stereocenters. The number of carbonyl (C=O) groups is 1. The summed E-state index contributed by atoms with van der Waals surface area (Å²) in [6, 6.07) is 10.00. The van der Waals surface area contributed by atoms with Gasteiger partial charge in [-0.05, 0) is 62.2 Å². The van der Waals surface area contributed by atoms with Crippen LogP contribution in [0.3, 0.4) is 0 Å². The highest BCUT2D eigenvalue weighted by molar-refractivity contribution is 7.21. The van der Waals surface area contributed by atoms with E-state index >= 15 is 0 Å². The minimum Gasteiger partial charge on any atom is -0.399 e. The van der Waals surface area contributed by atoms with Crippen LogP contribution >= 0.6 is 11.3 Å². The van der Waals surface area contributed by atoms with Crippen LogP contribution in [0, 0.1) is 12.7 Å². The van der Waals surface area contributed by atoms with Crippen LogP contribution in [0.4, 0.5) is 10.1 Å². The van der Waals surface area contributed by atoms with Crippen LogP contribution in [-0.2, 0) is 4.79 Å². The molecule has 2 aromatic carbocycles. The van der Waals surface area contributed by atoms with Crippen LogP contribution in [0.5, 0.6) is 0 Å². The van der Waals surface area contributed by atoms with E-state index < -0.39 is 11.9 Å². The van der Waals surface area contributed by atoms with E-state index in [9.17, 15) is 9.18 Å². The summed E-state index contributed by atoms with van der Waals surface area (Å²) in [4.78, 5) is 14.8. The van der Waals surface area contributed by atoms with Gasteiger partial charge in [0, 0.05) is 17.3 Å². The third-order valence-electron chi connectivity index (χ3n) is 4.20. The Morgan fingerprint density at radius 2 is 1.96 bits per heavy atom. The molecule has 1 heterocycles. The largest absolute Gasteiger partial charge is 0.399 e. The Morgan fingerprint density at radius 3 is 2.61 bits per heavy atom.